The number of hydrogen-bond acceptors (Lipinski definition) is 2. The molecule has 16 heavy (non-hydrogen) atoms. The highest BCUT2D eigenvalue weighted by Crippen LogP contribution is 2.15. The smallest absolute Gasteiger partial charge is 0.185 e. The van der Waals surface area contributed by atoms with Crippen LogP contribution in [-0.4, -0.2) is 5.78 Å². The normalized spacial score (nSPS) is 10.8. The van der Waals surface area contributed by atoms with Gasteiger partial charge < -0.3 is 4.42 Å². The van der Waals surface area contributed by atoms with Crippen molar-refractivity contribution in [3.63, 3.8) is 0 Å². The molecule has 2 nitrogen and oxygen atoms in total. The van der Waals surface area contributed by atoms with E-state index in [-0.39, 0.29) is 5.78 Å². The number of halogens is 1. The van der Waals surface area contributed by atoms with Crippen LogP contribution in [0.2, 0.25) is 0 Å². The van der Waals surface area contributed by atoms with Gasteiger partial charge in [-0.3, -0.25) is 4.79 Å². The molecule has 0 saturated heterocycles. The second-order valence-electron chi connectivity index (χ2n) is 3.21. The van der Waals surface area contributed by atoms with Crippen LogP contribution in [0.4, 0.5) is 0 Å². The summed E-state index contributed by atoms with van der Waals surface area (Å²) in [5.74, 6) is 0.615. The molecule has 1 heterocycles. The van der Waals surface area contributed by atoms with Crippen LogP contribution in [0, 0.1) is 0 Å². The van der Waals surface area contributed by atoms with Gasteiger partial charge in [0.1, 0.15) is 5.76 Å². The van der Waals surface area contributed by atoms with Gasteiger partial charge in [-0.2, -0.15) is 0 Å². The fourth-order valence-corrected chi connectivity index (χ4v) is 1.59. The quantitative estimate of drug-likeness (QED) is 0.628. The lowest BCUT2D eigenvalue weighted by Gasteiger charge is -1.92. The van der Waals surface area contributed by atoms with Crippen LogP contribution in [0.15, 0.2) is 57.6 Å². The lowest BCUT2D eigenvalue weighted by atomic mass is 10.1. The summed E-state index contributed by atoms with van der Waals surface area (Å²) in [5, 5.41) is 0. The summed E-state index contributed by atoms with van der Waals surface area (Å²) in [7, 11) is 0. The van der Waals surface area contributed by atoms with Gasteiger partial charge in [-0.1, -0.05) is 30.3 Å². The molecule has 0 fully saturated rings. The number of rotatable bonds is 3. The molecule has 0 aliphatic rings. The molecule has 0 spiro atoms. The molecule has 0 amide bonds. The molecule has 0 aliphatic heterocycles. The lowest BCUT2D eigenvalue weighted by Crippen LogP contribution is -1.92. The summed E-state index contributed by atoms with van der Waals surface area (Å²) in [6, 6.07) is 12.7. The number of furan rings is 1. The van der Waals surface area contributed by atoms with Gasteiger partial charge in [-0.05, 0) is 40.2 Å². The average Bonchev–Trinajstić information content (AvgIpc) is 2.73. The average molecular weight is 277 g/mol. The number of allylic oxidation sites excluding steroid dienone is 1. The van der Waals surface area contributed by atoms with Crippen molar-refractivity contribution in [2.45, 2.75) is 0 Å². The molecule has 0 N–H and O–H groups in total. The minimum Gasteiger partial charge on any atom is -0.450 e. The van der Waals surface area contributed by atoms with Gasteiger partial charge in [-0.25, -0.2) is 0 Å². The fraction of sp³-hybridized carbons (Fsp3) is 0. The maximum absolute atomic E-state index is 11.7. The van der Waals surface area contributed by atoms with Crippen molar-refractivity contribution in [2.24, 2.45) is 0 Å². The molecule has 3 heteroatoms. The van der Waals surface area contributed by atoms with Crippen molar-refractivity contribution < 1.29 is 9.21 Å². The molecule has 1 aromatic carbocycles. The van der Waals surface area contributed by atoms with Gasteiger partial charge in [0.15, 0.2) is 10.5 Å². The zero-order chi connectivity index (χ0) is 11.4. The minimum atomic E-state index is -0.0341. The Bertz CT molecular complexity index is 512. The molecule has 2 aromatic rings. The summed E-state index contributed by atoms with van der Waals surface area (Å²) >= 11 is 3.20. The first-order valence-electron chi connectivity index (χ1n) is 4.78. The van der Waals surface area contributed by atoms with Crippen molar-refractivity contribution in [1.82, 2.24) is 0 Å². The number of ketones is 1. The predicted octanol–water partition coefficient (Wildman–Crippen LogP) is 3.94. The van der Waals surface area contributed by atoms with Crippen molar-refractivity contribution in [2.75, 3.05) is 0 Å². The van der Waals surface area contributed by atoms with Gasteiger partial charge >= 0.3 is 0 Å². The monoisotopic (exact) mass is 276 g/mol. The van der Waals surface area contributed by atoms with Crippen LogP contribution in [0.1, 0.15) is 16.1 Å². The van der Waals surface area contributed by atoms with Crippen LogP contribution in [0.5, 0.6) is 0 Å². The Kier molecular flexibility index (Phi) is 3.37. The first-order chi connectivity index (χ1) is 7.75. The number of carbonyl (C=O) groups excluding carboxylic acids is 1. The standard InChI is InChI=1S/C13H9BrO2/c14-13-9-7-11(16-13)6-8-12(15)10-4-2-1-3-5-10/h1-9H. The third-order valence-electron chi connectivity index (χ3n) is 2.05. The van der Waals surface area contributed by atoms with Crippen molar-refractivity contribution in [3.8, 4) is 0 Å². The van der Waals surface area contributed by atoms with E-state index < -0.39 is 0 Å². The molecule has 80 valence electrons. The summed E-state index contributed by atoms with van der Waals surface area (Å²) in [6.45, 7) is 0. The van der Waals surface area contributed by atoms with Gasteiger partial charge in [-0.15, -0.1) is 0 Å². The summed E-state index contributed by atoms with van der Waals surface area (Å²) in [5.41, 5.74) is 0.671. The van der Waals surface area contributed by atoms with Crippen LogP contribution < -0.4 is 0 Å². The summed E-state index contributed by atoms with van der Waals surface area (Å²) in [6.07, 6.45) is 3.15. The Morgan fingerprint density at radius 2 is 1.88 bits per heavy atom. The molecule has 2 rings (SSSR count). The van der Waals surface area contributed by atoms with Crippen molar-refractivity contribution in [1.29, 1.82) is 0 Å². The number of benzene rings is 1. The van der Waals surface area contributed by atoms with Crippen LogP contribution in [0.25, 0.3) is 6.08 Å². The maximum atomic E-state index is 11.7. The molecule has 0 unspecified atom stereocenters. The third-order valence-corrected chi connectivity index (χ3v) is 2.48. The van der Waals surface area contributed by atoms with E-state index in [4.69, 9.17) is 4.42 Å². The van der Waals surface area contributed by atoms with Crippen molar-refractivity contribution >= 4 is 27.8 Å². The Morgan fingerprint density at radius 3 is 2.50 bits per heavy atom. The number of carbonyl (C=O) groups is 1. The highest BCUT2D eigenvalue weighted by Gasteiger charge is 2.00. The zero-order valence-corrected chi connectivity index (χ0v) is 9.98. The van der Waals surface area contributed by atoms with Gasteiger partial charge in [0.25, 0.3) is 0 Å². The first-order valence-corrected chi connectivity index (χ1v) is 5.58. The Hall–Kier alpha value is -1.61. The van der Waals surface area contributed by atoms with Crippen LogP contribution in [-0.2, 0) is 0 Å². The molecule has 0 atom stereocenters. The van der Waals surface area contributed by atoms with E-state index in [2.05, 4.69) is 15.9 Å². The Morgan fingerprint density at radius 1 is 1.12 bits per heavy atom. The highest BCUT2D eigenvalue weighted by molar-refractivity contribution is 9.10. The SMILES string of the molecule is O=C(C=Cc1ccc(Br)o1)c1ccccc1. The van der Waals surface area contributed by atoms with Crippen LogP contribution >= 0.6 is 15.9 Å². The second kappa shape index (κ2) is 4.94. The van der Waals surface area contributed by atoms with Crippen molar-refractivity contribution in [3.05, 3.63) is 64.5 Å². The zero-order valence-electron chi connectivity index (χ0n) is 8.39. The molecular formula is C13H9BrO2. The van der Waals surface area contributed by atoms with Crippen LogP contribution in [0.3, 0.4) is 0 Å². The molecule has 0 aliphatic carbocycles. The predicted molar refractivity (Wildman–Crippen MR) is 66.2 cm³/mol. The molecule has 0 bridgehead atoms. The van der Waals surface area contributed by atoms with E-state index in [0.29, 0.717) is 16.0 Å². The minimum absolute atomic E-state index is 0.0341. The Balaban J connectivity index is 2.11. The lowest BCUT2D eigenvalue weighted by molar-refractivity contribution is 0.104. The van der Waals surface area contributed by atoms with E-state index in [9.17, 15) is 4.79 Å². The van der Waals surface area contributed by atoms with Gasteiger partial charge in [0, 0.05) is 5.56 Å². The summed E-state index contributed by atoms with van der Waals surface area (Å²) < 4.78 is 5.90. The maximum Gasteiger partial charge on any atom is 0.185 e. The highest BCUT2D eigenvalue weighted by atomic mass is 79.9. The number of hydrogen-bond donors (Lipinski definition) is 0. The molecule has 0 saturated carbocycles. The summed E-state index contributed by atoms with van der Waals surface area (Å²) in [4.78, 5) is 11.7. The van der Waals surface area contributed by atoms with E-state index in [1.807, 2.05) is 18.2 Å². The largest absolute Gasteiger partial charge is 0.450 e. The molecule has 0 radical (unpaired) electrons. The van der Waals surface area contributed by atoms with Gasteiger partial charge in [0.05, 0.1) is 0 Å². The topological polar surface area (TPSA) is 30.2 Å². The fourth-order valence-electron chi connectivity index (χ4n) is 1.27. The first kappa shape index (κ1) is 10.9. The Labute approximate surface area is 102 Å². The van der Waals surface area contributed by atoms with E-state index in [1.54, 1.807) is 30.3 Å². The molecular weight excluding hydrogens is 268 g/mol. The van der Waals surface area contributed by atoms with E-state index >= 15 is 0 Å². The van der Waals surface area contributed by atoms with Gasteiger partial charge in [0.2, 0.25) is 0 Å². The third kappa shape index (κ3) is 2.70. The second-order valence-corrected chi connectivity index (χ2v) is 3.99. The van der Waals surface area contributed by atoms with E-state index in [0.717, 1.165) is 0 Å². The molecule has 1 aromatic heterocycles. The van der Waals surface area contributed by atoms with E-state index in [1.165, 1.54) is 6.08 Å².